The first kappa shape index (κ1) is 29.1. The van der Waals surface area contributed by atoms with Crippen molar-refractivity contribution in [2.24, 2.45) is 17.8 Å². The van der Waals surface area contributed by atoms with Crippen LogP contribution in [0.25, 0.3) is 0 Å². The number of rotatable bonds is 12. The fraction of sp³-hybridized carbons (Fsp3) is 0.704. The lowest BCUT2D eigenvalue weighted by Gasteiger charge is -2.30. The Morgan fingerprint density at radius 3 is 2.43 bits per heavy atom. The lowest BCUT2D eigenvalue weighted by molar-refractivity contribution is -0.274. The molecule has 1 aliphatic heterocycles. The van der Waals surface area contributed by atoms with E-state index in [0.29, 0.717) is 51.0 Å². The number of carbonyl (C=O) groups is 2. The molecule has 1 aromatic carbocycles. The Morgan fingerprint density at radius 2 is 1.78 bits per heavy atom. The van der Waals surface area contributed by atoms with E-state index in [-0.39, 0.29) is 35.8 Å². The summed E-state index contributed by atoms with van der Waals surface area (Å²) in [5.41, 5.74) is 0.694. The molecule has 1 heterocycles. The van der Waals surface area contributed by atoms with Crippen LogP contribution in [0.2, 0.25) is 0 Å². The number of alkyl halides is 3. The molecule has 0 spiro atoms. The maximum absolute atomic E-state index is 13.2. The lowest BCUT2D eigenvalue weighted by atomic mass is 9.81. The predicted molar refractivity (Wildman–Crippen MR) is 135 cm³/mol. The highest BCUT2D eigenvalue weighted by molar-refractivity contribution is 5.85. The molecule has 10 heteroatoms. The van der Waals surface area contributed by atoms with E-state index in [1.165, 1.54) is 43.5 Å². The van der Waals surface area contributed by atoms with E-state index in [1.54, 1.807) is 4.90 Å². The van der Waals surface area contributed by atoms with E-state index < -0.39 is 6.36 Å². The molecule has 1 saturated heterocycles. The average Bonchev–Trinajstić information content (AvgIpc) is 2.88. The van der Waals surface area contributed by atoms with Gasteiger partial charge in [0.15, 0.2) is 0 Å². The van der Waals surface area contributed by atoms with Crippen LogP contribution in [0.5, 0.6) is 5.75 Å². The van der Waals surface area contributed by atoms with Gasteiger partial charge in [0.05, 0.1) is 13.2 Å². The van der Waals surface area contributed by atoms with Crippen molar-refractivity contribution in [1.82, 2.24) is 10.2 Å². The van der Waals surface area contributed by atoms with Gasteiger partial charge in [-0.15, -0.1) is 13.2 Å². The second-order valence-corrected chi connectivity index (χ2v) is 10.3. The minimum Gasteiger partial charge on any atom is -0.406 e. The van der Waals surface area contributed by atoms with Gasteiger partial charge >= 0.3 is 6.36 Å². The number of amides is 2. The molecule has 1 saturated carbocycles. The predicted octanol–water partition coefficient (Wildman–Crippen LogP) is 4.98. The van der Waals surface area contributed by atoms with E-state index in [1.807, 2.05) is 6.92 Å². The summed E-state index contributed by atoms with van der Waals surface area (Å²) >= 11 is 0. The zero-order valence-electron chi connectivity index (χ0n) is 21.7. The van der Waals surface area contributed by atoms with E-state index in [0.717, 1.165) is 25.7 Å². The second-order valence-electron chi connectivity index (χ2n) is 10.3. The largest absolute Gasteiger partial charge is 0.573 e. The van der Waals surface area contributed by atoms with Crippen molar-refractivity contribution in [1.29, 1.82) is 0 Å². The van der Waals surface area contributed by atoms with E-state index in [9.17, 15) is 22.8 Å². The minimum absolute atomic E-state index is 0.0307. The third kappa shape index (κ3) is 10.8. The van der Waals surface area contributed by atoms with Crippen molar-refractivity contribution < 1.29 is 32.2 Å². The number of anilines is 1. The van der Waals surface area contributed by atoms with Crippen molar-refractivity contribution in [2.75, 3.05) is 44.7 Å². The molecule has 2 atom stereocenters. The maximum Gasteiger partial charge on any atom is 0.573 e. The molecule has 2 aliphatic rings. The lowest BCUT2D eigenvalue weighted by Crippen LogP contribution is -2.43. The van der Waals surface area contributed by atoms with Gasteiger partial charge in [0, 0.05) is 44.2 Å². The molecule has 1 aromatic rings. The van der Waals surface area contributed by atoms with Gasteiger partial charge in [-0.25, -0.2) is 0 Å². The quantitative estimate of drug-likeness (QED) is 0.401. The minimum atomic E-state index is -4.71. The highest BCUT2D eigenvalue weighted by Gasteiger charge is 2.31. The van der Waals surface area contributed by atoms with Crippen molar-refractivity contribution >= 4 is 17.5 Å². The fourth-order valence-corrected chi connectivity index (χ4v) is 5.02. The monoisotopic (exact) mass is 527 g/mol. The third-order valence-electron chi connectivity index (χ3n) is 7.18. The van der Waals surface area contributed by atoms with Crippen LogP contribution in [0.1, 0.15) is 58.3 Å². The zero-order valence-corrected chi connectivity index (χ0v) is 21.7. The van der Waals surface area contributed by atoms with Crippen molar-refractivity contribution in [3.05, 3.63) is 24.3 Å². The van der Waals surface area contributed by atoms with Gasteiger partial charge in [0.2, 0.25) is 11.8 Å². The Hall–Kier alpha value is -2.49. The van der Waals surface area contributed by atoms with Crippen molar-refractivity contribution in [3.8, 4) is 5.75 Å². The molecule has 1 aliphatic carbocycles. The number of hydrogen-bond acceptors (Lipinski definition) is 5. The third-order valence-corrected chi connectivity index (χ3v) is 7.18. The summed E-state index contributed by atoms with van der Waals surface area (Å²) in [5, 5.41) is 6.26. The van der Waals surface area contributed by atoms with Crippen molar-refractivity contribution in [2.45, 2.75) is 64.7 Å². The molecule has 0 radical (unpaired) electrons. The summed E-state index contributed by atoms with van der Waals surface area (Å²) < 4.78 is 46.1. The normalized spacial score (nSPS) is 18.6. The van der Waals surface area contributed by atoms with Crippen LogP contribution < -0.4 is 15.4 Å². The summed E-state index contributed by atoms with van der Waals surface area (Å²) in [6.07, 6.45) is 2.94. The molecule has 2 amide bonds. The van der Waals surface area contributed by atoms with Gasteiger partial charge in [-0.3, -0.25) is 9.59 Å². The number of halogens is 3. The van der Waals surface area contributed by atoms with Crippen LogP contribution in [0, 0.1) is 17.8 Å². The summed E-state index contributed by atoms with van der Waals surface area (Å²) in [7, 11) is 0. The second kappa shape index (κ2) is 14.4. The van der Waals surface area contributed by atoms with Crippen LogP contribution in [-0.2, 0) is 14.3 Å². The van der Waals surface area contributed by atoms with Gasteiger partial charge in [0.25, 0.3) is 0 Å². The van der Waals surface area contributed by atoms with Crippen LogP contribution in [0.3, 0.4) is 0 Å². The van der Waals surface area contributed by atoms with Gasteiger partial charge < -0.3 is 25.0 Å². The summed E-state index contributed by atoms with van der Waals surface area (Å²) in [6.45, 7) is 5.41. The first-order chi connectivity index (χ1) is 17.7. The molecular formula is C27H40F3N3O4. The number of ether oxygens (including phenoxy) is 2. The van der Waals surface area contributed by atoms with E-state index in [2.05, 4.69) is 15.4 Å². The molecule has 208 valence electrons. The SMILES string of the molecule is CC(CCNc1ccc(OC(F)(F)F)cc1)CNC(=O)[C@@H](CC(=O)N1CCOCC1)CC1CCCCC1. The number of benzene rings is 1. The Balaban J connectivity index is 1.43. The summed E-state index contributed by atoms with van der Waals surface area (Å²) in [4.78, 5) is 27.8. The fourth-order valence-electron chi connectivity index (χ4n) is 5.02. The van der Waals surface area contributed by atoms with Gasteiger partial charge in [-0.2, -0.15) is 0 Å². The summed E-state index contributed by atoms with van der Waals surface area (Å²) in [6, 6.07) is 5.61. The summed E-state index contributed by atoms with van der Waals surface area (Å²) in [5.74, 6) is 0.0896. The van der Waals surface area contributed by atoms with E-state index in [4.69, 9.17) is 4.74 Å². The van der Waals surface area contributed by atoms with Crippen LogP contribution in [0.4, 0.5) is 18.9 Å². The number of carbonyl (C=O) groups excluding carboxylic acids is 2. The highest BCUT2D eigenvalue weighted by Crippen LogP contribution is 2.31. The van der Waals surface area contributed by atoms with Gasteiger partial charge in [-0.1, -0.05) is 39.0 Å². The molecule has 2 N–H and O–H groups in total. The number of nitrogens with one attached hydrogen (secondary N) is 2. The molecule has 0 bridgehead atoms. The van der Waals surface area contributed by atoms with Crippen LogP contribution in [-0.4, -0.2) is 62.5 Å². The van der Waals surface area contributed by atoms with E-state index >= 15 is 0 Å². The Labute approximate surface area is 217 Å². The number of nitrogens with zero attached hydrogens (tertiary/aromatic N) is 1. The maximum atomic E-state index is 13.2. The van der Waals surface area contributed by atoms with Crippen molar-refractivity contribution in [3.63, 3.8) is 0 Å². The molecule has 3 rings (SSSR count). The molecule has 0 aromatic heterocycles. The van der Waals surface area contributed by atoms with Crippen LogP contribution in [0.15, 0.2) is 24.3 Å². The number of morpholine rings is 1. The Bertz CT molecular complexity index is 838. The molecule has 7 nitrogen and oxygen atoms in total. The molecular weight excluding hydrogens is 487 g/mol. The smallest absolute Gasteiger partial charge is 0.406 e. The first-order valence-electron chi connectivity index (χ1n) is 13.4. The molecule has 1 unspecified atom stereocenters. The standard InChI is InChI=1S/C27H40F3N3O4/c1-20(11-12-31-23-7-9-24(10-8-23)37-27(28,29)30)19-32-26(35)22(17-21-5-3-2-4-6-21)18-25(34)33-13-15-36-16-14-33/h7-10,20-22,31H,2-6,11-19H2,1H3,(H,32,35)/t20?,22-/m1/s1. The van der Waals surface area contributed by atoms with Gasteiger partial charge in [0.1, 0.15) is 5.75 Å². The Morgan fingerprint density at radius 1 is 1.11 bits per heavy atom. The van der Waals surface area contributed by atoms with Gasteiger partial charge in [-0.05, 0) is 48.9 Å². The topological polar surface area (TPSA) is 79.9 Å². The Kier molecular flexibility index (Phi) is 11.4. The van der Waals surface area contributed by atoms with Crippen LogP contribution >= 0.6 is 0 Å². The first-order valence-corrected chi connectivity index (χ1v) is 13.4. The molecule has 37 heavy (non-hydrogen) atoms. The number of hydrogen-bond donors (Lipinski definition) is 2. The highest BCUT2D eigenvalue weighted by atomic mass is 19.4. The average molecular weight is 528 g/mol. The molecule has 2 fully saturated rings. The zero-order chi connectivity index (χ0) is 26.7.